The minimum Gasteiger partial charge on any atom is -0.326 e. The van der Waals surface area contributed by atoms with Crippen molar-refractivity contribution in [3.8, 4) is 0 Å². The first-order chi connectivity index (χ1) is 9.14. The summed E-state index contributed by atoms with van der Waals surface area (Å²) in [5.41, 5.74) is 6.09. The molecule has 0 bridgehead atoms. The topological polar surface area (TPSA) is 63.4 Å². The predicted octanol–water partition coefficient (Wildman–Crippen LogP) is 1.41. The molecule has 0 fully saturated rings. The maximum Gasteiger partial charge on any atom is 0.401 e. The van der Waals surface area contributed by atoms with Gasteiger partial charge in [0, 0.05) is 13.1 Å². The first kappa shape index (κ1) is 16.9. The average molecular weight is 310 g/mol. The van der Waals surface area contributed by atoms with Crippen LogP contribution in [0.5, 0.6) is 0 Å². The first-order valence-electron chi connectivity index (χ1n) is 5.91. The zero-order valence-corrected chi connectivity index (χ0v) is 11.8. The molecule has 0 heterocycles. The van der Waals surface area contributed by atoms with Crippen molar-refractivity contribution in [2.75, 3.05) is 25.9 Å². The predicted molar refractivity (Wildman–Crippen MR) is 69.9 cm³/mol. The van der Waals surface area contributed by atoms with Gasteiger partial charge in [-0.25, -0.2) is 8.42 Å². The lowest BCUT2D eigenvalue weighted by Gasteiger charge is -2.18. The van der Waals surface area contributed by atoms with Crippen LogP contribution in [0.15, 0.2) is 29.2 Å². The number of halogens is 3. The average Bonchev–Trinajstić information content (AvgIpc) is 2.35. The standard InChI is InChI=1S/C12H17F3N2O2S/c1-17(9-12(13,14)15)5-6-20(18,19)11-4-2-3-10(7-11)8-16/h2-4,7H,5-6,8-9,16H2,1H3. The van der Waals surface area contributed by atoms with Gasteiger partial charge in [0.2, 0.25) is 0 Å². The molecule has 0 saturated heterocycles. The number of benzene rings is 1. The highest BCUT2D eigenvalue weighted by atomic mass is 32.2. The molecule has 0 radical (unpaired) electrons. The second-order valence-corrected chi connectivity index (χ2v) is 6.63. The molecule has 0 saturated carbocycles. The van der Waals surface area contributed by atoms with Crippen molar-refractivity contribution in [3.63, 3.8) is 0 Å². The van der Waals surface area contributed by atoms with E-state index in [1.54, 1.807) is 12.1 Å². The molecule has 1 rings (SSSR count). The van der Waals surface area contributed by atoms with Crippen LogP contribution in [0.25, 0.3) is 0 Å². The smallest absolute Gasteiger partial charge is 0.326 e. The van der Waals surface area contributed by atoms with Crippen LogP contribution in [0.3, 0.4) is 0 Å². The van der Waals surface area contributed by atoms with Crippen molar-refractivity contribution >= 4 is 9.84 Å². The van der Waals surface area contributed by atoms with Gasteiger partial charge in [-0.1, -0.05) is 12.1 Å². The second kappa shape index (κ2) is 6.55. The maximum absolute atomic E-state index is 12.1. The van der Waals surface area contributed by atoms with Crippen molar-refractivity contribution in [2.24, 2.45) is 5.73 Å². The number of hydrogen-bond donors (Lipinski definition) is 1. The van der Waals surface area contributed by atoms with Crippen molar-refractivity contribution in [1.82, 2.24) is 4.90 Å². The molecular weight excluding hydrogens is 293 g/mol. The third-order valence-electron chi connectivity index (χ3n) is 2.68. The lowest BCUT2D eigenvalue weighted by atomic mass is 10.2. The number of sulfone groups is 1. The number of hydrogen-bond acceptors (Lipinski definition) is 4. The molecule has 4 nitrogen and oxygen atoms in total. The van der Waals surface area contributed by atoms with Gasteiger partial charge in [-0.15, -0.1) is 0 Å². The van der Waals surface area contributed by atoms with E-state index in [4.69, 9.17) is 5.73 Å². The second-order valence-electron chi connectivity index (χ2n) is 4.52. The summed E-state index contributed by atoms with van der Waals surface area (Å²) >= 11 is 0. The fourth-order valence-electron chi connectivity index (χ4n) is 1.64. The Bertz CT molecular complexity index is 544. The molecule has 0 aromatic heterocycles. The summed E-state index contributed by atoms with van der Waals surface area (Å²) in [4.78, 5) is 1.02. The van der Waals surface area contributed by atoms with Crippen LogP contribution in [0.1, 0.15) is 5.56 Å². The Kier molecular flexibility index (Phi) is 5.55. The molecule has 8 heteroatoms. The normalized spacial score (nSPS) is 12.9. The fraction of sp³-hybridized carbons (Fsp3) is 0.500. The summed E-state index contributed by atoms with van der Waals surface area (Å²) in [5, 5.41) is 0. The van der Waals surface area contributed by atoms with E-state index in [1.165, 1.54) is 19.2 Å². The van der Waals surface area contributed by atoms with Crippen molar-refractivity contribution < 1.29 is 21.6 Å². The minimum atomic E-state index is -4.34. The third kappa shape index (κ3) is 5.48. The Hall–Kier alpha value is -1.12. The van der Waals surface area contributed by atoms with Crippen molar-refractivity contribution in [1.29, 1.82) is 0 Å². The molecule has 2 N–H and O–H groups in total. The maximum atomic E-state index is 12.1. The quantitative estimate of drug-likeness (QED) is 0.863. The van der Waals surface area contributed by atoms with Gasteiger partial charge in [0.1, 0.15) is 0 Å². The molecule has 0 spiro atoms. The molecule has 0 aliphatic carbocycles. The number of alkyl halides is 3. The lowest BCUT2D eigenvalue weighted by Crippen LogP contribution is -2.34. The van der Waals surface area contributed by atoms with Crippen LogP contribution in [-0.2, 0) is 16.4 Å². The Morgan fingerprint density at radius 3 is 2.50 bits per heavy atom. The van der Waals surface area contributed by atoms with E-state index < -0.39 is 22.6 Å². The molecule has 0 unspecified atom stereocenters. The fourth-order valence-corrected chi connectivity index (χ4v) is 3.05. The minimum absolute atomic E-state index is 0.0841. The summed E-state index contributed by atoms with van der Waals surface area (Å²) < 4.78 is 60.5. The molecule has 1 aromatic rings. The summed E-state index contributed by atoms with van der Waals surface area (Å²) in [7, 11) is -2.37. The Morgan fingerprint density at radius 1 is 1.30 bits per heavy atom. The monoisotopic (exact) mass is 310 g/mol. The first-order valence-corrected chi connectivity index (χ1v) is 7.56. The summed E-state index contributed by atoms with van der Waals surface area (Å²) in [5.74, 6) is -0.367. The SMILES string of the molecule is CN(CCS(=O)(=O)c1cccc(CN)c1)CC(F)(F)F. The van der Waals surface area contributed by atoms with Crippen molar-refractivity contribution in [2.45, 2.75) is 17.6 Å². The van der Waals surface area contributed by atoms with Crippen LogP contribution in [0, 0.1) is 0 Å². The summed E-state index contributed by atoms with van der Waals surface area (Å²) in [6, 6.07) is 6.11. The van der Waals surface area contributed by atoms with Crippen LogP contribution < -0.4 is 5.73 Å². The highest BCUT2D eigenvalue weighted by molar-refractivity contribution is 7.91. The molecule has 1 aromatic carbocycles. The van der Waals surface area contributed by atoms with Crippen molar-refractivity contribution in [3.05, 3.63) is 29.8 Å². The van der Waals surface area contributed by atoms with Gasteiger partial charge in [0.25, 0.3) is 0 Å². The van der Waals surface area contributed by atoms with E-state index in [0.717, 1.165) is 4.90 Å². The van der Waals surface area contributed by atoms with Gasteiger partial charge < -0.3 is 5.73 Å². The molecule has 0 atom stereocenters. The molecular formula is C12H17F3N2O2S. The zero-order chi connectivity index (χ0) is 15.4. The number of nitrogens with zero attached hydrogens (tertiary/aromatic N) is 1. The molecule has 20 heavy (non-hydrogen) atoms. The van der Waals surface area contributed by atoms with Crippen LogP contribution in [0.4, 0.5) is 13.2 Å². The highest BCUT2D eigenvalue weighted by Gasteiger charge is 2.29. The largest absolute Gasteiger partial charge is 0.401 e. The number of rotatable bonds is 6. The van der Waals surface area contributed by atoms with Gasteiger partial charge >= 0.3 is 6.18 Å². The summed E-state index contributed by atoms with van der Waals surface area (Å²) in [6.45, 7) is -1.11. The van der Waals surface area contributed by atoms with Gasteiger partial charge in [-0.3, -0.25) is 4.90 Å². The van der Waals surface area contributed by atoms with Gasteiger partial charge in [0.15, 0.2) is 9.84 Å². The molecule has 0 aliphatic rings. The van der Waals surface area contributed by atoms with Crippen LogP contribution >= 0.6 is 0 Å². The van der Waals surface area contributed by atoms with E-state index in [2.05, 4.69) is 0 Å². The Labute approximate surface area is 116 Å². The van der Waals surface area contributed by atoms with E-state index in [0.29, 0.717) is 5.56 Å². The van der Waals surface area contributed by atoms with E-state index in [1.807, 2.05) is 0 Å². The van der Waals surface area contributed by atoms with Gasteiger partial charge in [-0.05, 0) is 24.7 Å². The van der Waals surface area contributed by atoms with Crippen LogP contribution in [0.2, 0.25) is 0 Å². The van der Waals surface area contributed by atoms with E-state index in [9.17, 15) is 21.6 Å². The van der Waals surface area contributed by atoms with Gasteiger partial charge in [0.05, 0.1) is 17.2 Å². The molecule has 0 amide bonds. The highest BCUT2D eigenvalue weighted by Crippen LogP contribution is 2.17. The number of nitrogens with two attached hydrogens (primary N) is 1. The third-order valence-corrected chi connectivity index (χ3v) is 4.38. The molecule has 0 aliphatic heterocycles. The Morgan fingerprint density at radius 2 is 1.95 bits per heavy atom. The zero-order valence-electron chi connectivity index (χ0n) is 11.0. The summed E-state index contributed by atoms with van der Waals surface area (Å²) in [6.07, 6.45) is -4.34. The lowest BCUT2D eigenvalue weighted by molar-refractivity contribution is -0.142. The van der Waals surface area contributed by atoms with E-state index in [-0.39, 0.29) is 23.7 Å². The van der Waals surface area contributed by atoms with Gasteiger partial charge in [-0.2, -0.15) is 13.2 Å². The van der Waals surface area contributed by atoms with E-state index >= 15 is 0 Å². The van der Waals surface area contributed by atoms with Crippen LogP contribution in [-0.4, -0.2) is 45.4 Å². The molecule has 114 valence electrons. The Balaban J connectivity index is 2.70.